The molecule has 3 rings (SSSR count). The lowest BCUT2D eigenvalue weighted by Crippen LogP contribution is -3.15. The third-order valence-electron chi connectivity index (χ3n) is 5.23. The smallest absolute Gasteiger partial charge is 0.279 e. The van der Waals surface area contributed by atoms with Crippen LogP contribution in [0.2, 0.25) is 0 Å². The summed E-state index contributed by atoms with van der Waals surface area (Å²) in [6.07, 6.45) is 3.21. The summed E-state index contributed by atoms with van der Waals surface area (Å²) in [6.45, 7) is 7.05. The van der Waals surface area contributed by atoms with Crippen molar-refractivity contribution in [3.8, 4) is 0 Å². The largest absolute Gasteiger partial charge is 0.328 e. The van der Waals surface area contributed by atoms with Gasteiger partial charge in [0.05, 0.1) is 26.2 Å². The topological polar surface area (TPSA) is 53.9 Å². The average molecular weight is 396 g/mol. The summed E-state index contributed by atoms with van der Waals surface area (Å²) >= 11 is 0. The lowest BCUT2D eigenvalue weighted by molar-refractivity contribution is -0.895. The monoisotopic (exact) mass is 396 g/mol. The first-order valence-electron chi connectivity index (χ1n) is 9.84. The molecule has 2 amide bonds. The molecular weight excluding hydrogens is 369 g/mol. The summed E-state index contributed by atoms with van der Waals surface area (Å²) in [4.78, 5) is 27.7. The molecule has 29 heavy (non-hydrogen) atoms. The summed E-state index contributed by atoms with van der Waals surface area (Å²) in [6, 6.07) is 12.0. The Hall–Kier alpha value is -2.99. The second kappa shape index (κ2) is 9.47. The fourth-order valence-corrected chi connectivity index (χ4v) is 3.49. The number of quaternary nitrogens is 1. The zero-order valence-electron chi connectivity index (χ0n) is 16.9. The predicted molar refractivity (Wildman–Crippen MR) is 112 cm³/mol. The van der Waals surface area contributed by atoms with Crippen molar-refractivity contribution in [3.63, 3.8) is 0 Å². The van der Waals surface area contributed by atoms with Crippen LogP contribution >= 0.6 is 0 Å². The van der Waals surface area contributed by atoms with Crippen LogP contribution in [0.4, 0.5) is 10.1 Å². The van der Waals surface area contributed by atoms with E-state index in [1.54, 1.807) is 23.1 Å². The molecule has 2 aromatic carbocycles. The normalized spacial score (nSPS) is 14.9. The van der Waals surface area contributed by atoms with Crippen LogP contribution in [0.25, 0.3) is 6.08 Å². The molecule has 0 spiro atoms. The first-order valence-corrected chi connectivity index (χ1v) is 9.84. The van der Waals surface area contributed by atoms with Crippen molar-refractivity contribution >= 4 is 23.6 Å². The van der Waals surface area contributed by atoms with Gasteiger partial charge in [-0.15, -0.1) is 0 Å². The molecule has 2 N–H and O–H groups in total. The number of benzene rings is 2. The number of carbonyl (C=O) groups is 2. The van der Waals surface area contributed by atoms with Crippen molar-refractivity contribution in [3.05, 3.63) is 71.0 Å². The van der Waals surface area contributed by atoms with Gasteiger partial charge in [-0.1, -0.05) is 30.3 Å². The Balaban J connectivity index is 1.46. The highest BCUT2D eigenvalue weighted by Gasteiger charge is 2.24. The van der Waals surface area contributed by atoms with Gasteiger partial charge in [-0.3, -0.25) is 9.59 Å². The second-order valence-corrected chi connectivity index (χ2v) is 7.45. The molecule has 0 atom stereocenters. The van der Waals surface area contributed by atoms with Gasteiger partial charge in [0.1, 0.15) is 5.82 Å². The van der Waals surface area contributed by atoms with E-state index < -0.39 is 0 Å². The number of amides is 2. The van der Waals surface area contributed by atoms with Crippen molar-refractivity contribution in [2.45, 2.75) is 13.8 Å². The summed E-state index contributed by atoms with van der Waals surface area (Å²) in [5.41, 5.74) is 3.78. The third kappa shape index (κ3) is 5.74. The number of hydrogen-bond acceptors (Lipinski definition) is 2. The Labute approximate surface area is 170 Å². The Morgan fingerprint density at radius 1 is 1.07 bits per heavy atom. The number of para-hydroxylation sites is 1. The first-order chi connectivity index (χ1) is 13.9. The Morgan fingerprint density at radius 2 is 1.69 bits per heavy atom. The number of nitrogens with zero attached hydrogens (tertiary/aromatic N) is 1. The maximum absolute atomic E-state index is 12.9. The van der Waals surface area contributed by atoms with Gasteiger partial charge < -0.3 is 15.1 Å². The number of hydrogen-bond donors (Lipinski definition) is 2. The number of piperazine rings is 1. The zero-order valence-corrected chi connectivity index (χ0v) is 16.9. The van der Waals surface area contributed by atoms with Crippen LogP contribution in [0, 0.1) is 19.7 Å². The molecule has 1 aliphatic heterocycles. The maximum atomic E-state index is 12.9. The zero-order chi connectivity index (χ0) is 20.8. The van der Waals surface area contributed by atoms with Crippen molar-refractivity contribution < 1.29 is 18.9 Å². The molecule has 1 saturated heterocycles. The molecular formula is C23H27FN3O2+. The van der Waals surface area contributed by atoms with Gasteiger partial charge in [-0.25, -0.2) is 4.39 Å². The molecule has 0 aromatic heterocycles. The molecule has 1 heterocycles. The van der Waals surface area contributed by atoms with E-state index in [1.165, 1.54) is 23.1 Å². The summed E-state index contributed by atoms with van der Waals surface area (Å²) in [7, 11) is 0. The highest BCUT2D eigenvalue weighted by atomic mass is 19.1. The fraction of sp³-hybridized carbons (Fsp3) is 0.304. The van der Waals surface area contributed by atoms with E-state index in [2.05, 4.69) is 5.32 Å². The van der Waals surface area contributed by atoms with E-state index in [-0.39, 0.29) is 17.6 Å². The minimum Gasteiger partial charge on any atom is -0.328 e. The maximum Gasteiger partial charge on any atom is 0.279 e. The van der Waals surface area contributed by atoms with E-state index in [4.69, 9.17) is 0 Å². The number of nitrogens with one attached hydrogen (secondary N) is 2. The second-order valence-electron chi connectivity index (χ2n) is 7.45. The van der Waals surface area contributed by atoms with Crippen molar-refractivity contribution in [2.75, 3.05) is 38.0 Å². The first kappa shape index (κ1) is 20.7. The lowest BCUT2D eigenvalue weighted by Gasteiger charge is -2.31. The number of aryl methyl sites for hydroxylation is 2. The van der Waals surface area contributed by atoms with Crippen LogP contribution < -0.4 is 10.2 Å². The van der Waals surface area contributed by atoms with Gasteiger partial charge >= 0.3 is 0 Å². The van der Waals surface area contributed by atoms with Crippen LogP contribution in [0.3, 0.4) is 0 Å². The van der Waals surface area contributed by atoms with Crippen LogP contribution in [0.5, 0.6) is 0 Å². The molecule has 1 aliphatic rings. The van der Waals surface area contributed by atoms with Gasteiger partial charge in [0.15, 0.2) is 6.54 Å². The minimum absolute atomic E-state index is 0.00613. The molecule has 5 nitrogen and oxygen atoms in total. The highest BCUT2D eigenvalue weighted by Crippen LogP contribution is 2.18. The van der Waals surface area contributed by atoms with Crippen molar-refractivity contribution in [2.24, 2.45) is 0 Å². The van der Waals surface area contributed by atoms with E-state index in [1.807, 2.05) is 32.0 Å². The SMILES string of the molecule is Cc1cccc(C)c1NC(=O)C[NH+]1CCN(C(=O)/C=C/c2ccc(F)cc2)CC1. The molecule has 152 valence electrons. The minimum atomic E-state index is -0.297. The van der Waals surface area contributed by atoms with E-state index in [0.717, 1.165) is 35.5 Å². The fourth-order valence-electron chi connectivity index (χ4n) is 3.49. The molecule has 0 saturated carbocycles. The molecule has 6 heteroatoms. The summed E-state index contributed by atoms with van der Waals surface area (Å²) in [5.74, 6) is -0.365. The van der Waals surface area contributed by atoms with E-state index in [0.29, 0.717) is 19.6 Å². The van der Waals surface area contributed by atoms with Crippen LogP contribution in [-0.4, -0.2) is 49.4 Å². The standard InChI is InChI=1S/C23H26FN3O2/c1-17-4-3-5-18(2)23(17)25-21(28)16-26-12-14-27(15-13-26)22(29)11-8-19-6-9-20(24)10-7-19/h3-11H,12-16H2,1-2H3,(H,25,28)/p+1/b11-8+. The highest BCUT2D eigenvalue weighted by molar-refractivity contribution is 5.93. The molecule has 0 unspecified atom stereocenters. The number of halogens is 1. The van der Waals surface area contributed by atoms with Gasteiger partial charge in [-0.2, -0.15) is 0 Å². The van der Waals surface area contributed by atoms with Gasteiger partial charge in [-0.05, 0) is 48.7 Å². The summed E-state index contributed by atoms with van der Waals surface area (Å²) < 4.78 is 12.9. The molecule has 0 bridgehead atoms. The number of anilines is 1. The predicted octanol–water partition coefficient (Wildman–Crippen LogP) is 1.82. The number of carbonyl (C=O) groups excluding carboxylic acids is 2. The van der Waals surface area contributed by atoms with Crippen LogP contribution in [-0.2, 0) is 9.59 Å². The van der Waals surface area contributed by atoms with E-state index >= 15 is 0 Å². The Bertz CT molecular complexity index is 881. The Morgan fingerprint density at radius 3 is 2.31 bits per heavy atom. The molecule has 2 aromatic rings. The van der Waals surface area contributed by atoms with Gasteiger partial charge in [0.2, 0.25) is 5.91 Å². The quantitative estimate of drug-likeness (QED) is 0.758. The van der Waals surface area contributed by atoms with Gasteiger partial charge in [0, 0.05) is 11.8 Å². The van der Waals surface area contributed by atoms with Crippen LogP contribution in [0.1, 0.15) is 16.7 Å². The van der Waals surface area contributed by atoms with Crippen molar-refractivity contribution in [1.29, 1.82) is 0 Å². The lowest BCUT2D eigenvalue weighted by atomic mass is 10.1. The number of rotatable bonds is 5. The van der Waals surface area contributed by atoms with Gasteiger partial charge in [0.25, 0.3) is 5.91 Å². The molecule has 0 radical (unpaired) electrons. The van der Waals surface area contributed by atoms with E-state index in [9.17, 15) is 14.0 Å². The third-order valence-corrected chi connectivity index (χ3v) is 5.23. The summed E-state index contributed by atoms with van der Waals surface area (Å²) in [5, 5.41) is 3.02. The average Bonchev–Trinajstić information content (AvgIpc) is 2.71. The molecule has 0 aliphatic carbocycles. The molecule has 1 fully saturated rings. The van der Waals surface area contributed by atoms with Crippen molar-refractivity contribution in [1.82, 2.24) is 4.90 Å². The Kier molecular flexibility index (Phi) is 6.77. The van der Waals surface area contributed by atoms with Crippen LogP contribution in [0.15, 0.2) is 48.5 Å².